The van der Waals surface area contributed by atoms with Gasteiger partial charge in [-0.15, -0.1) is 0 Å². The number of ether oxygens (including phenoxy) is 1. The SMILES string of the molecule is OC1CCC2NC=CC=C2O1. The number of nitrogens with one attached hydrogen (secondary N) is 1. The number of hydrogen-bond donors (Lipinski definition) is 2. The van der Waals surface area contributed by atoms with Crippen LogP contribution < -0.4 is 5.32 Å². The van der Waals surface area contributed by atoms with Crippen LogP contribution in [0.1, 0.15) is 12.8 Å². The summed E-state index contributed by atoms with van der Waals surface area (Å²) in [5.41, 5.74) is 0. The van der Waals surface area contributed by atoms with Crippen molar-refractivity contribution >= 4 is 0 Å². The van der Waals surface area contributed by atoms with Crippen molar-refractivity contribution in [2.45, 2.75) is 25.2 Å². The molecule has 0 bridgehead atoms. The minimum Gasteiger partial charge on any atom is -0.467 e. The smallest absolute Gasteiger partial charge is 0.197 e. The first-order chi connectivity index (χ1) is 5.36. The second-order valence-electron chi connectivity index (χ2n) is 2.80. The van der Waals surface area contributed by atoms with Crippen molar-refractivity contribution in [1.29, 1.82) is 0 Å². The Morgan fingerprint density at radius 2 is 2.45 bits per heavy atom. The van der Waals surface area contributed by atoms with E-state index in [1.807, 2.05) is 18.4 Å². The van der Waals surface area contributed by atoms with E-state index in [-0.39, 0.29) is 6.04 Å². The molecule has 0 aromatic heterocycles. The summed E-state index contributed by atoms with van der Waals surface area (Å²) in [5.74, 6) is 0.853. The summed E-state index contributed by atoms with van der Waals surface area (Å²) < 4.78 is 5.19. The van der Waals surface area contributed by atoms with E-state index in [0.717, 1.165) is 12.2 Å². The van der Waals surface area contributed by atoms with Crippen LogP contribution in [0.5, 0.6) is 0 Å². The molecule has 0 spiro atoms. The summed E-state index contributed by atoms with van der Waals surface area (Å²) in [5, 5.41) is 12.3. The molecular formula is C8H11NO2. The van der Waals surface area contributed by atoms with Gasteiger partial charge in [-0.2, -0.15) is 0 Å². The van der Waals surface area contributed by atoms with E-state index in [4.69, 9.17) is 9.84 Å². The van der Waals surface area contributed by atoms with Gasteiger partial charge in [-0.1, -0.05) is 0 Å². The van der Waals surface area contributed by atoms with Crippen LogP contribution in [0.4, 0.5) is 0 Å². The number of rotatable bonds is 0. The highest BCUT2D eigenvalue weighted by molar-refractivity contribution is 5.19. The van der Waals surface area contributed by atoms with Gasteiger partial charge in [0.05, 0.1) is 6.04 Å². The standard InChI is InChI=1S/C8H11NO2/c10-8-4-3-6-7(11-8)2-1-5-9-6/h1-2,5-6,8-10H,3-4H2. The highest BCUT2D eigenvalue weighted by Gasteiger charge is 2.25. The average Bonchev–Trinajstić information content (AvgIpc) is 2.04. The van der Waals surface area contributed by atoms with Gasteiger partial charge in [0.1, 0.15) is 5.76 Å². The summed E-state index contributed by atoms with van der Waals surface area (Å²) in [7, 11) is 0. The Balaban J connectivity index is 2.12. The molecule has 2 N–H and O–H groups in total. The largest absolute Gasteiger partial charge is 0.467 e. The molecule has 1 saturated heterocycles. The Morgan fingerprint density at radius 1 is 1.55 bits per heavy atom. The van der Waals surface area contributed by atoms with Crippen LogP contribution in [0.25, 0.3) is 0 Å². The molecule has 0 aromatic carbocycles. The monoisotopic (exact) mass is 153 g/mol. The van der Waals surface area contributed by atoms with Gasteiger partial charge in [0, 0.05) is 6.42 Å². The lowest BCUT2D eigenvalue weighted by molar-refractivity contribution is -0.0952. The van der Waals surface area contributed by atoms with Gasteiger partial charge in [-0.3, -0.25) is 0 Å². The summed E-state index contributed by atoms with van der Waals surface area (Å²) in [6, 6.07) is 0.281. The molecular weight excluding hydrogens is 142 g/mol. The fourth-order valence-corrected chi connectivity index (χ4v) is 1.39. The average molecular weight is 153 g/mol. The molecule has 3 nitrogen and oxygen atoms in total. The van der Waals surface area contributed by atoms with Gasteiger partial charge in [0.25, 0.3) is 0 Å². The van der Waals surface area contributed by atoms with Gasteiger partial charge < -0.3 is 15.2 Å². The fourth-order valence-electron chi connectivity index (χ4n) is 1.39. The molecule has 0 radical (unpaired) electrons. The summed E-state index contributed by atoms with van der Waals surface area (Å²) in [6.07, 6.45) is 6.72. The number of fused-ring (bicyclic) bond motifs is 1. The Bertz CT molecular complexity index is 210. The van der Waals surface area contributed by atoms with E-state index in [2.05, 4.69) is 5.32 Å². The normalized spacial score (nSPS) is 34.8. The first-order valence-electron chi connectivity index (χ1n) is 3.84. The molecule has 11 heavy (non-hydrogen) atoms. The zero-order chi connectivity index (χ0) is 7.68. The van der Waals surface area contributed by atoms with Crippen molar-refractivity contribution in [3.63, 3.8) is 0 Å². The second kappa shape index (κ2) is 2.58. The number of dihydropyridines is 1. The van der Waals surface area contributed by atoms with Crippen LogP contribution in [-0.2, 0) is 4.74 Å². The number of allylic oxidation sites excluding steroid dienone is 2. The topological polar surface area (TPSA) is 41.5 Å². The van der Waals surface area contributed by atoms with Crippen LogP contribution in [-0.4, -0.2) is 17.4 Å². The molecule has 0 amide bonds. The van der Waals surface area contributed by atoms with Crippen molar-refractivity contribution in [2.75, 3.05) is 0 Å². The maximum absolute atomic E-state index is 9.13. The summed E-state index contributed by atoms with van der Waals surface area (Å²) in [4.78, 5) is 0. The van der Waals surface area contributed by atoms with E-state index < -0.39 is 6.29 Å². The summed E-state index contributed by atoms with van der Waals surface area (Å²) >= 11 is 0. The molecule has 0 saturated carbocycles. The second-order valence-corrected chi connectivity index (χ2v) is 2.80. The zero-order valence-electron chi connectivity index (χ0n) is 6.16. The molecule has 2 rings (SSSR count). The van der Waals surface area contributed by atoms with Crippen LogP contribution in [0.2, 0.25) is 0 Å². The quantitative estimate of drug-likeness (QED) is 0.532. The predicted octanol–water partition coefficient (Wildman–Crippen LogP) is 0.485. The van der Waals surface area contributed by atoms with Crippen LogP contribution in [0.3, 0.4) is 0 Å². The van der Waals surface area contributed by atoms with Crippen LogP contribution >= 0.6 is 0 Å². The number of aliphatic hydroxyl groups is 1. The zero-order valence-corrected chi connectivity index (χ0v) is 6.16. The van der Waals surface area contributed by atoms with E-state index in [9.17, 15) is 0 Å². The van der Waals surface area contributed by atoms with Crippen molar-refractivity contribution < 1.29 is 9.84 Å². The van der Waals surface area contributed by atoms with Crippen molar-refractivity contribution in [2.24, 2.45) is 0 Å². The third-order valence-corrected chi connectivity index (χ3v) is 1.97. The van der Waals surface area contributed by atoms with E-state index in [0.29, 0.717) is 6.42 Å². The third-order valence-electron chi connectivity index (χ3n) is 1.97. The first kappa shape index (κ1) is 6.73. The highest BCUT2D eigenvalue weighted by atomic mass is 16.6. The molecule has 2 aliphatic rings. The van der Waals surface area contributed by atoms with Gasteiger partial charge >= 0.3 is 0 Å². The lowest BCUT2D eigenvalue weighted by Crippen LogP contribution is -2.36. The lowest BCUT2D eigenvalue weighted by atomic mass is 10.0. The first-order valence-corrected chi connectivity index (χ1v) is 3.84. The van der Waals surface area contributed by atoms with Gasteiger partial charge in [0.2, 0.25) is 0 Å². The van der Waals surface area contributed by atoms with Crippen molar-refractivity contribution in [1.82, 2.24) is 5.32 Å². The molecule has 1 fully saturated rings. The Morgan fingerprint density at radius 3 is 3.36 bits per heavy atom. The van der Waals surface area contributed by atoms with Crippen molar-refractivity contribution in [3.05, 3.63) is 24.1 Å². The third kappa shape index (κ3) is 1.24. The Hall–Kier alpha value is -0.960. The molecule has 2 atom stereocenters. The molecule has 2 heterocycles. The molecule has 2 unspecified atom stereocenters. The summed E-state index contributed by atoms with van der Waals surface area (Å²) in [6.45, 7) is 0. The van der Waals surface area contributed by atoms with Gasteiger partial charge in [-0.25, -0.2) is 0 Å². The maximum atomic E-state index is 9.13. The van der Waals surface area contributed by atoms with E-state index >= 15 is 0 Å². The predicted molar refractivity (Wildman–Crippen MR) is 40.5 cm³/mol. The minimum atomic E-state index is -0.606. The van der Waals surface area contributed by atoms with E-state index in [1.54, 1.807) is 0 Å². The van der Waals surface area contributed by atoms with Crippen LogP contribution in [0.15, 0.2) is 24.1 Å². The van der Waals surface area contributed by atoms with Gasteiger partial charge in [0.15, 0.2) is 6.29 Å². The molecule has 2 aliphatic heterocycles. The van der Waals surface area contributed by atoms with E-state index in [1.165, 1.54) is 0 Å². The molecule has 60 valence electrons. The number of aliphatic hydroxyl groups excluding tert-OH is 1. The minimum absolute atomic E-state index is 0.281. The molecule has 0 aromatic rings. The van der Waals surface area contributed by atoms with Crippen LogP contribution in [0, 0.1) is 0 Å². The Labute approximate surface area is 65.4 Å². The lowest BCUT2D eigenvalue weighted by Gasteiger charge is -2.30. The number of hydrogen-bond acceptors (Lipinski definition) is 3. The van der Waals surface area contributed by atoms with Gasteiger partial charge in [-0.05, 0) is 24.8 Å². The van der Waals surface area contributed by atoms with Crippen molar-refractivity contribution in [3.8, 4) is 0 Å². The highest BCUT2D eigenvalue weighted by Crippen LogP contribution is 2.22. The molecule has 3 heteroatoms. The fraction of sp³-hybridized carbons (Fsp3) is 0.500. The Kier molecular flexibility index (Phi) is 1.58. The molecule has 0 aliphatic carbocycles. The maximum Gasteiger partial charge on any atom is 0.197 e.